The first-order chi connectivity index (χ1) is 12.8. The quantitative estimate of drug-likeness (QED) is 0.0989. The van der Waals surface area contributed by atoms with E-state index in [1.807, 2.05) is 6.92 Å². The maximum absolute atomic E-state index is 12.2. The van der Waals surface area contributed by atoms with Crippen LogP contribution in [0, 0.1) is 10.1 Å². The summed E-state index contributed by atoms with van der Waals surface area (Å²) >= 11 is 0. The van der Waals surface area contributed by atoms with Crippen LogP contribution in [0.15, 0.2) is 15.7 Å². The second-order valence-corrected chi connectivity index (χ2v) is 5.41. The number of carbonyl (C=O) groups is 2. The van der Waals surface area contributed by atoms with Crippen LogP contribution in [0.4, 0.5) is 0 Å². The number of aliphatic imine (C=N–C) groups is 1. The maximum atomic E-state index is 12.2. The van der Waals surface area contributed by atoms with Crippen molar-refractivity contribution >= 4 is 17.8 Å². The zero-order valence-corrected chi connectivity index (χ0v) is 15.0. The second-order valence-electron chi connectivity index (χ2n) is 5.41. The molecule has 1 heterocycles. The van der Waals surface area contributed by atoms with Crippen molar-refractivity contribution in [1.29, 1.82) is 0 Å². The van der Waals surface area contributed by atoms with E-state index in [0.29, 0.717) is 12.8 Å². The highest BCUT2D eigenvalue weighted by Gasteiger charge is 2.24. The number of oxazole rings is 1. The fourth-order valence-electron chi connectivity index (χ4n) is 1.98. The number of hydrogen-bond acceptors (Lipinski definition) is 9. The van der Waals surface area contributed by atoms with Crippen LogP contribution >= 0.6 is 0 Å². The number of nitrogens with two attached hydrogens (primary N) is 2. The van der Waals surface area contributed by atoms with Crippen molar-refractivity contribution in [3.05, 3.63) is 28.0 Å². The topological polar surface area (TPSA) is 201 Å². The van der Waals surface area contributed by atoms with Gasteiger partial charge in [0.25, 0.3) is 11.9 Å². The number of amides is 1. The molecular formula is C14H23N7O6. The van der Waals surface area contributed by atoms with Gasteiger partial charge < -0.3 is 25.9 Å². The lowest BCUT2D eigenvalue weighted by Gasteiger charge is -2.15. The number of nitro groups is 1. The Morgan fingerprint density at radius 1 is 1.52 bits per heavy atom. The summed E-state index contributed by atoms with van der Waals surface area (Å²) < 4.78 is 9.82. The summed E-state index contributed by atoms with van der Waals surface area (Å²) in [6.07, 6.45) is 2.22. The second kappa shape index (κ2) is 10.7. The first kappa shape index (κ1) is 21.8. The van der Waals surface area contributed by atoms with E-state index in [-0.39, 0.29) is 30.5 Å². The molecule has 0 aromatic carbocycles. The Balaban J connectivity index is 2.64. The summed E-state index contributed by atoms with van der Waals surface area (Å²) in [5.74, 6) is -1.42. The average molecular weight is 385 g/mol. The molecule has 1 aromatic rings. The Morgan fingerprint density at radius 2 is 2.22 bits per heavy atom. The third-order valence-electron chi connectivity index (χ3n) is 3.44. The molecule has 2 unspecified atom stereocenters. The average Bonchev–Trinajstić information content (AvgIpc) is 3.12. The summed E-state index contributed by atoms with van der Waals surface area (Å²) in [5, 5.41) is 11.9. The number of nitrogens with zero attached hydrogens (tertiary/aromatic N) is 3. The van der Waals surface area contributed by atoms with Crippen molar-refractivity contribution in [3.63, 3.8) is 0 Å². The number of hydrogen-bond donors (Lipinski definition) is 4. The summed E-state index contributed by atoms with van der Waals surface area (Å²) in [6.45, 7) is 1.95. The minimum atomic E-state index is -0.956. The normalized spacial score (nSPS) is 13.5. The molecule has 6 N–H and O–H groups in total. The molecule has 27 heavy (non-hydrogen) atoms. The van der Waals surface area contributed by atoms with Gasteiger partial charge in [0, 0.05) is 6.54 Å². The SMILES string of the molecule is CCC(N)c1nc(C(=O)NC(CCCN=C(N)N[N+](=O)[O-])C(=O)OC)co1. The van der Waals surface area contributed by atoms with E-state index < -0.39 is 29.0 Å². The molecule has 1 aromatic heterocycles. The van der Waals surface area contributed by atoms with E-state index in [2.05, 4.69) is 20.0 Å². The van der Waals surface area contributed by atoms with Gasteiger partial charge in [-0.2, -0.15) is 0 Å². The van der Waals surface area contributed by atoms with Crippen molar-refractivity contribution < 1.29 is 23.8 Å². The van der Waals surface area contributed by atoms with Crippen LogP contribution in [0.3, 0.4) is 0 Å². The van der Waals surface area contributed by atoms with Gasteiger partial charge in [-0.1, -0.05) is 12.3 Å². The molecule has 1 amide bonds. The van der Waals surface area contributed by atoms with Crippen LogP contribution in [0.2, 0.25) is 0 Å². The molecule has 0 aliphatic carbocycles. The minimum absolute atomic E-state index is 0.0137. The molecule has 0 aliphatic rings. The van der Waals surface area contributed by atoms with Gasteiger partial charge in [-0.3, -0.25) is 4.79 Å². The largest absolute Gasteiger partial charge is 0.467 e. The van der Waals surface area contributed by atoms with Crippen LogP contribution in [-0.2, 0) is 9.53 Å². The van der Waals surface area contributed by atoms with E-state index >= 15 is 0 Å². The van der Waals surface area contributed by atoms with E-state index in [4.69, 9.17) is 15.9 Å². The number of methoxy groups -OCH3 is 1. The van der Waals surface area contributed by atoms with Gasteiger partial charge in [-0.25, -0.2) is 24.9 Å². The number of ether oxygens (including phenoxy) is 1. The van der Waals surface area contributed by atoms with Crippen LogP contribution in [0.5, 0.6) is 0 Å². The number of guanidine groups is 1. The van der Waals surface area contributed by atoms with Crippen molar-refractivity contribution in [1.82, 2.24) is 15.7 Å². The first-order valence-corrected chi connectivity index (χ1v) is 8.09. The number of esters is 1. The molecule has 0 saturated heterocycles. The Hall–Kier alpha value is -3.22. The lowest BCUT2D eigenvalue weighted by atomic mass is 10.1. The van der Waals surface area contributed by atoms with Gasteiger partial charge in [0.1, 0.15) is 12.3 Å². The van der Waals surface area contributed by atoms with E-state index in [9.17, 15) is 19.7 Å². The number of nitrogens with one attached hydrogen (secondary N) is 2. The first-order valence-electron chi connectivity index (χ1n) is 8.09. The molecule has 0 spiro atoms. The van der Waals surface area contributed by atoms with Crippen LogP contribution in [0.25, 0.3) is 0 Å². The van der Waals surface area contributed by atoms with Gasteiger partial charge in [0.2, 0.25) is 5.89 Å². The Morgan fingerprint density at radius 3 is 2.81 bits per heavy atom. The lowest BCUT2D eigenvalue weighted by molar-refractivity contribution is -0.525. The molecule has 0 saturated carbocycles. The number of hydrazine groups is 1. The highest BCUT2D eigenvalue weighted by Crippen LogP contribution is 2.13. The van der Waals surface area contributed by atoms with Gasteiger partial charge in [-0.15, -0.1) is 0 Å². The Bertz CT molecular complexity index is 689. The Kier molecular flexibility index (Phi) is 8.65. The zero-order valence-electron chi connectivity index (χ0n) is 15.0. The van der Waals surface area contributed by atoms with Crippen molar-refractivity contribution in [2.45, 2.75) is 38.3 Å². The fourth-order valence-corrected chi connectivity index (χ4v) is 1.98. The molecule has 2 atom stereocenters. The fraction of sp³-hybridized carbons (Fsp3) is 0.571. The summed E-state index contributed by atoms with van der Waals surface area (Å²) in [5.41, 5.74) is 12.7. The molecular weight excluding hydrogens is 362 g/mol. The Labute approximate surface area is 154 Å². The van der Waals surface area contributed by atoms with E-state index in [1.165, 1.54) is 7.11 Å². The van der Waals surface area contributed by atoms with Crippen molar-refractivity contribution in [2.75, 3.05) is 13.7 Å². The predicted octanol–water partition coefficient (Wildman–Crippen LogP) is -0.768. The van der Waals surface area contributed by atoms with Crippen LogP contribution in [0.1, 0.15) is 48.6 Å². The molecule has 13 nitrogen and oxygen atoms in total. The van der Waals surface area contributed by atoms with E-state index in [1.54, 1.807) is 5.43 Å². The molecule has 13 heteroatoms. The summed E-state index contributed by atoms with van der Waals surface area (Å²) in [6, 6.07) is -1.39. The van der Waals surface area contributed by atoms with Crippen molar-refractivity contribution in [2.24, 2.45) is 16.5 Å². The van der Waals surface area contributed by atoms with Gasteiger partial charge in [0.15, 0.2) is 10.7 Å². The molecule has 0 aliphatic heterocycles. The smallest absolute Gasteiger partial charge is 0.328 e. The molecule has 0 radical (unpaired) electrons. The third-order valence-corrected chi connectivity index (χ3v) is 3.44. The zero-order chi connectivity index (χ0) is 20.4. The van der Waals surface area contributed by atoms with Gasteiger partial charge in [-0.05, 0) is 19.3 Å². The van der Waals surface area contributed by atoms with Crippen LogP contribution < -0.4 is 22.2 Å². The highest BCUT2D eigenvalue weighted by molar-refractivity contribution is 5.94. The minimum Gasteiger partial charge on any atom is -0.467 e. The van der Waals surface area contributed by atoms with Crippen molar-refractivity contribution in [3.8, 4) is 0 Å². The van der Waals surface area contributed by atoms with E-state index in [0.717, 1.165) is 6.26 Å². The third kappa shape index (κ3) is 7.27. The molecule has 1 rings (SSSR count). The van der Waals surface area contributed by atoms with Crippen LogP contribution in [-0.4, -0.2) is 47.5 Å². The monoisotopic (exact) mass is 385 g/mol. The van der Waals surface area contributed by atoms with Gasteiger partial charge in [0.05, 0.1) is 13.2 Å². The highest BCUT2D eigenvalue weighted by atomic mass is 16.7. The molecule has 0 fully saturated rings. The maximum Gasteiger partial charge on any atom is 0.328 e. The lowest BCUT2D eigenvalue weighted by Crippen LogP contribution is -2.41. The standard InChI is InChI=1S/C14H23N7O6/c1-3-8(15)12-19-10(7-27-12)11(22)18-9(13(23)26-2)5-4-6-17-14(16)20-21(24)25/h7-9H,3-6,15H2,1-2H3,(H,18,22)(H3,16,17,20). The predicted molar refractivity (Wildman–Crippen MR) is 92.8 cm³/mol. The number of rotatable bonds is 10. The number of carbonyl (C=O) groups excluding carboxylic acids is 2. The summed E-state index contributed by atoms with van der Waals surface area (Å²) in [4.78, 5) is 42.0. The van der Waals surface area contributed by atoms with Gasteiger partial charge >= 0.3 is 5.97 Å². The molecule has 150 valence electrons. The summed E-state index contributed by atoms with van der Waals surface area (Å²) in [7, 11) is 1.19. The molecule has 0 bridgehead atoms. The number of aromatic nitrogens is 1.